The van der Waals surface area contributed by atoms with Crippen LogP contribution in [0.4, 0.5) is 25.6 Å². The number of amides is 3. The molecule has 0 spiro atoms. The van der Waals surface area contributed by atoms with Crippen LogP contribution >= 0.6 is 0 Å². The third-order valence-corrected chi connectivity index (χ3v) is 7.20. The number of nitrogens with zero attached hydrogens (tertiary/aromatic N) is 5. The number of nitrogens with one attached hydrogen (secondary N) is 1. The van der Waals surface area contributed by atoms with E-state index in [4.69, 9.17) is 15.2 Å². The Kier molecular flexibility index (Phi) is 7.67. The van der Waals surface area contributed by atoms with Gasteiger partial charge in [0.2, 0.25) is 11.9 Å². The quantitative estimate of drug-likeness (QED) is 0.518. The van der Waals surface area contributed by atoms with Gasteiger partial charge in [-0.2, -0.15) is 0 Å². The molecule has 2 aliphatic rings. The topological polar surface area (TPSA) is 160 Å². The fraction of sp³-hybridized carbons (Fsp3) is 0.440. The number of halogens is 1. The van der Waals surface area contributed by atoms with E-state index in [9.17, 15) is 19.2 Å². The van der Waals surface area contributed by atoms with Crippen molar-refractivity contribution in [3.8, 4) is 11.1 Å². The molecule has 0 saturated carbocycles. The van der Waals surface area contributed by atoms with Gasteiger partial charge in [-0.1, -0.05) is 0 Å². The second-order valence-corrected chi connectivity index (χ2v) is 9.37. The number of likely N-dealkylation sites (N-methyl/N-ethyl adjacent to an activating group) is 1. The molecule has 14 heteroatoms. The monoisotopic (exact) mass is 543 g/mol. The minimum absolute atomic E-state index is 0.0186. The molecule has 39 heavy (non-hydrogen) atoms. The van der Waals surface area contributed by atoms with Gasteiger partial charge in [0, 0.05) is 36.6 Å². The van der Waals surface area contributed by atoms with Crippen LogP contribution in [-0.4, -0.2) is 90.8 Å². The molecule has 4 rings (SSSR count). The Balaban J connectivity index is 1.56. The number of anilines is 2. The highest BCUT2D eigenvalue weighted by molar-refractivity contribution is 5.91. The molecule has 3 N–H and O–H groups in total. The molecule has 208 valence electrons. The molecule has 1 aromatic heterocycles. The van der Waals surface area contributed by atoms with Crippen molar-refractivity contribution in [1.82, 2.24) is 20.2 Å². The zero-order chi connectivity index (χ0) is 28.5. The van der Waals surface area contributed by atoms with E-state index in [0.717, 1.165) is 0 Å². The molecule has 0 bridgehead atoms. The van der Waals surface area contributed by atoms with Crippen LogP contribution < -0.4 is 20.9 Å². The number of hydrogen-bond donors (Lipinski definition) is 2. The Labute approximate surface area is 224 Å². The van der Waals surface area contributed by atoms with Gasteiger partial charge in [0.15, 0.2) is 11.4 Å². The fourth-order valence-electron chi connectivity index (χ4n) is 4.74. The molecular weight excluding hydrogens is 513 g/mol. The normalized spacial score (nSPS) is 21.9. The molecule has 3 unspecified atom stereocenters. The van der Waals surface area contributed by atoms with Crippen molar-refractivity contribution in [1.29, 1.82) is 0 Å². The summed E-state index contributed by atoms with van der Waals surface area (Å²) in [6, 6.07) is 4.23. The van der Waals surface area contributed by atoms with Gasteiger partial charge in [0.05, 0.1) is 31.8 Å². The van der Waals surface area contributed by atoms with Crippen molar-refractivity contribution in [2.45, 2.75) is 25.6 Å². The second-order valence-electron chi connectivity index (χ2n) is 9.37. The van der Waals surface area contributed by atoms with Crippen molar-refractivity contribution in [2.75, 3.05) is 50.1 Å². The highest BCUT2D eigenvalue weighted by Gasteiger charge is 2.47. The molecule has 0 radical (unpaired) electrons. The van der Waals surface area contributed by atoms with Crippen molar-refractivity contribution in [2.24, 2.45) is 11.7 Å². The number of hydrogen-bond acceptors (Lipinski definition) is 10. The zero-order valence-corrected chi connectivity index (χ0v) is 22.0. The SMILES string of the molecule is CNC1(C(C)=O)CN(C(=O)OC)CCN1c1ncc(-c2ccc(N3CC(C(C)C(N)=O)OC3=O)cc2F)cn1. The molecule has 13 nitrogen and oxygen atoms in total. The molecular formula is C25H30FN7O6. The minimum atomic E-state index is -1.28. The number of rotatable bonds is 7. The molecule has 2 aliphatic heterocycles. The van der Waals surface area contributed by atoms with Gasteiger partial charge in [0.1, 0.15) is 11.9 Å². The van der Waals surface area contributed by atoms with Crippen LogP contribution in [0.2, 0.25) is 0 Å². The molecule has 3 amide bonds. The molecule has 3 atom stereocenters. The number of cyclic esters (lactones) is 1. The van der Waals surface area contributed by atoms with Crippen LogP contribution in [0.25, 0.3) is 11.1 Å². The fourth-order valence-corrected chi connectivity index (χ4v) is 4.74. The van der Waals surface area contributed by atoms with Gasteiger partial charge < -0.3 is 25.0 Å². The lowest BCUT2D eigenvalue weighted by Crippen LogP contribution is -2.73. The van der Waals surface area contributed by atoms with Crippen molar-refractivity contribution >= 4 is 35.5 Å². The first-order valence-corrected chi connectivity index (χ1v) is 12.2. The number of methoxy groups -OCH3 is 1. The Morgan fingerprint density at radius 1 is 1.26 bits per heavy atom. The first kappa shape index (κ1) is 27.7. The van der Waals surface area contributed by atoms with E-state index in [2.05, 4.69) is 15.3 Å². The van der Waals surface area contributed by atoms with Gasteiger partial charge in [-0.15, -0.1) is 0 Å². The van der Waals surface area contributed by atoms with E-state index < -0.39 is 41.6 Å². The zero-order valence-electron chi connectivity index (χ0n) is 22.0. The van der Waals surface area contributed by atoms with Crippen LogP contribution in [-0.2, 0) is 19.1 Å². The number of piperazine rings is 1. The highest BCUT2D eigenvalue weighted by Crippen LogP contribution is 2.31. The summed E-state index contributed by atoms with van der Waals surface area (Å²) in [5.74, 6) is -1.94. The molecule has 1 aromatic carbocycles. The lowest BCUT2D eigenvalue weighted by atomic mass is 10.00. The van der Waals surface area contributed by atoms with E-state index in [-0.39, 0.29) is 49.2 Å². The van der Waals surface area contributed by atoms with Gasteiger partial charge in [-0.3, -0.25) is 19.8 Å². The van der Waals surface area contributed by atoms with Crippen molar-refractivity contribution in [3.63, 3.8) is 0 Å². The predicted octanol–water partition coefficient (Wildman–Crippen LogP) is 1.12. The number of aromatic nitrogens is 2. The van der Waals surface area contributed by atoms with Crippen LogP contribution in [0.15, 0.2) is 30.6 Å². The van der Waals surface area contributed by atoms with E-state index in [1.165, 1.54) is 48.4 Å². The van der Waals surface area contributed by atoms with Crippen LogP contribution in [0.1, 0.15) is 13.8 Å². The maximum absolute atomic E-state index is 15.2. The number of ketones is 1. The lowest BCUT2D eigenvalue weighted by Gasteiger charge is -2.48. The van der Waals surface area contributed by atoms with E-state index in [1.54, 1.807) is 24.9 Å². The maximum atomic E-state index is 15.2. The largest absolute Gasteiger partial charge is 0.453 e. The molecule has 2 fully saturated rings. The summed E-state index contributed by atoms with van der Waals surface area (Å²) >= 11 is 0. The number of Topliss-reactive ketones (excluding diaryl/α,β-unsaturated/α-hetero) is 1. The Morgan fingerprint density at radius 2 is 1.95 bits per heavy atom. The van der Waals surface area contributed by atoms with Crippen molar-refractivity contribution < 1.29 is 33.0 Å². The number of benzene rings is 1. The first-order valence-electron chi connectivity index (χ1n) is 12.2. The van der Waals surface area contributed by atoms with Crippen LogP contribution in [0, 0.1) is 11.7 Å². The molecule has 2 aromatic rings. The second kappa shape index (κ2) is 10.8. The third kappa shape index (κ3) is 5.06. The number of primary amides is 1. The molecule has 3 heterocycles. The van der Waals surface area contributed by atoms with E-state index >= 15 is 4.39 Å². The lowest BCUT2D eigenvalue weighted by molar-refractivity contribution is -0.125. The summed E-state index contributed by atoms with van der Waals surface area (Å²) in [5, 5.41) is 3.00. The summed E-state index contributed by atoms with van der Waals surface area (Å²) in [4.78, 5) is 61.7. The summed E-state index contributed by atoms with van der Waals surface area (Å²) in [7, 11) is 2.88. The average Bonchev–Trinajstić information content (AvgIpc) is 3.32. The summed E-state index contributed by atoms with van der Waals surface area (Å²) in [5.41, 5.74) is 4.86. The Bertz CT molecular complexity index is 1290. The summed E-state index contributed by atoms with van der Waals surface area (Å²) in [6.07, 6.45) is 0.891. The molecule has 0 aliphatic carbocycles. The van der Waals surface area contributed by atoms with Crippen LogP contribution in [0.5, 0.6) is 0 Å². The smallest absolute Gasteiger partial charge is 0.414 e. The number of nitrogens with two attached hydrogens (primary N) is 1. The van der Waals surface area contributed by atoms with Gasteiger partial charge >= 0.3 is 12.2 Å². The van der Waals surface area contributed by atoms with Crippen LogP contribution in [0.3, 0.4) is 0 Å². The van der Waals surface area contributed by atoms with E-state index in [0.29, 0.717) is 5.56 Å². The van der Waals surface area contributed by atoms with Gasteiger partial charge in [-0.05, 0) is 39.1 Å². The van der Waals surface area contributed by atoms with Crippen molar-refractivity contribution in [3.05, 3.63) is 36.4 Å². The standard InChI is InChI=1S/C25H30FN7O6/c1-14(21(27)35)20-12-32(24(37)39-20)17-5-6-18(19(26)9-17)16-10-29-22(30-11-16)33-8-7-31(23(36)38-4)13-25(33,28-3)15(2)34/h5-6,9-11,14,20,28H,7-8,12-13H2,1-4H3,(H2,27,35). The minimum Gasteiger partial charge on any atom is -0.453 e. The average molecular weight is 544 g/mol. The molecule has 2 saturated heterocycles. The first-order chi connectivity index (χ1) is 18.5. The van der Waals surface area contributed by atoms with Gasteiger partial charge in [-0.25, -0.2) is 23.9 Å². The van der Waals surface area contributed by atoms with Gasteiger partial charge in [0.25, 0.3) is 0 Å². The van der Waals surface area contributed by atoms with E-state index in [1.807, 2.05) is 0 Å². The highest BCUT2D eigenvalue weighted by atomic mass is 19.1. The third-order valence-electron chi connectivity index (χ3n) is 7.20. The number of ether oxygens (including phenoxy) is 2. The summed E-state index contributed by atoms with van der Waals surface area (Å²) in [6.45, 7) is 3.58. The number of carbonyl (C=O) groups is 4. The number of carbonyl (C=O) groups excluding carboxylic acids is 4. The Hall–Kier alpha value is -4.33. The maximum Gasteiger partial charge on any atom is 0.414 e. The Morgan fingerprint density at radius 3 is 2.51 bits per heavy atom. The predicted molar refractivity (Wildman–Crippen MR) is 137 cm³/mol. The summed E-state index contributed by atoms with van der Waals surface area (Å²) < 4.78 is 25.2.